The second-order valence-electron chi connectivity index (χ2n) is 3.47. The number of rotatable bonds is 2. The molecule has 0 aliphatic heterocycles. The molecule has 0 aliphatic carbocycles. The van der Waals surface area contributed by atoms with E-state index >= 15 is 0 Å². The maximum absolute atomic E-state index is 6.07. The molecule has 0 bridgehead atoms. The van der Waals surface area contributed by atoms with Gasteiger partial charge in [0.1, 0.15) is 0 Å². The number of hydrogen-bond acceptors (Lipinski definition) is 1. The van der Waals surface area contributed by atoms with Crippen LogP contribution in [0.4, 0.5) is 5.69 Å². The number of nitrogens with zero attached hydrogens (tertiary/aromatic N) is 1. The van der Waals surface area contributed by atoms with Gasteiger partial charge in [-0.15, -0.1) is 0 Å². The molecule has 15 heavy (non-hydrogen) atoms. The van der Waals surface area contributed by atoms with Crippen LogP contribution >= 0.6 is 0 Å². The fourth-order valence-corrected chi connectivity index (χ4v) is 1.80. The fourth-order valence-electron chi connectivity index (χ4n) is 1.80. The highest BCUT2D eigenvalue weighted by Gasteiger charge is 2.08. The highest BCUT2D eigenvalue weighted by molar-refractivity contribution is 5.96. The van der Waals surface area contributed by atoms with Crippen LogP contribution in [0.1, 0.15) is 5.69 Å². The second kappa shape index (κ2) is 3.65. The lowest BCUT2D eigenvalue weighted by molar-refractivity contribution is 0.956. The molecule has 76 valence electrons. The van der Waals surface area contributed by atoms with Crippen molar-refractivity contribution in [1.29, 1.82) is 0 Å². The van der Waals surface area contributed by atoms with Gasteiger partial charge in [-0.2, -0.15) is 0 Å². The number of hydrogen-bond donors (Lipinski definition) is 1. The molecule has 2 rings (SSSR count). The largest absolute Gasteiger partial charge is 0.396 e. The average Bonchev–Trinajstić information content (AvgIpc) is 2.51. The van der Waals surface area contributed by atoms with Gasteiger partial charge in [0.2, 0.25) is 0 Å². The van der Waals surface area contributed by atoms with E-state index in [4.69, 9.17) is 5.73 Å². The first kappa shape index (κ1) is 9.59. The Morgan fingerprint density at radius 3 is 2.73 bits per heavy atom. The van der Waals surface area contributed by atoms with E-state index in [1.165, 1.54) is 0 Å². The van der Waals surface area contributed by atoms with E-state index in [0.717, 1.165) is 22.3 Å². The normalized spacial score (nSPS) is 11.3. The molecule has 2 nitrogen and oxygen atoms in total. The lowest BCUT2D eigenvalue weighted by Crippen LogP contribution is -1.92. The Balaban J connectivity index is 2.74. The molecule has 0 spiro atoms. The topological polar surface area (TPSA) is 30.9 Å². The molecule has 0 radical (unpaired) electrons. The van der Waals surface area contributed by atoms with E-state index in [2.05, 4.69) is 17.2 Å². The highest BCUT2D eigenvalue weighted by atomic mass is 15.0. The highest BCUT2D eigenvalue weighted by Crippen LogP contribution is 2.28. The zero-order chi connectivity index (χ0) is 10.8. The van der Waals surface area contributed by atoms with Gasteiger partial charge in [0.15, 0.2) is 0 Å². The number of fused-ring (bicyclic) bond motifs is 1. The minimum atomic E-state index is 0.825. The molecule has 2 heteroatoms. The lowest BCUT2D eigenvalue weighted by Gasteiger charge is -1.98. The van der Waals surface area contributed by atoms with Crippen molar-refractivity contribution < 1.29 is 0 Å². The van der Waals surface area contributed by atoms with Gasteiger partial charge in [-0.3, -0.25) is 0 Å². The molecule has 0 aliphatic rings. The van der Waals surface area contributed by atoms with Gasteiger partial charge in [0, 0.05) is 12.4 Å². The minimum absolute atomic E-state index is 0.825. The van der Waals surface area contributed by atoms with E-state index in [-0.39, 0.29) is 0 Å². The van der Waals surface area contributed by atoms with Crippen molar-refractivity contribution in [1.82, 2.24) is 4.57 Å². The predicted octanol–water partition coefficient (Wildman–Crippen LogP) is 2.96. The Morgan fingerprint density at radius 2 is 2.07 bits per heavy atom. The van der Waals surface area contributed by atoms with E-state index in [1.54, 1.807) is 6.08 Å². The van der Waals surface area contributed by atoms with Gasteiger partial charge >= 0.3 is 0 Å². The van der Waals surface area contributed by atoms with Gasteiger partial charge in [0.05, 0.1) is 16.9 Å². The number of benzene rings is 1. The Morgan fingerprint density at radius 1 is 1.33 bits per heavy atom. The third-order valence-corrected chi connectivity index (χ3v) is 2.58. The predicted molar refractivity (Wildman–Crippen MR) is 66.6 cm³/mol. The van der Waals surface area contributed by atoms with Crippen LogP contribution in [0.25, 0.3) is 17.0 Å². The van der Waals surface area contributed by atoms with Crippen molar-refractivity contribution in [2.45, 2.75) is 0 Å². The molecule has 2 N–H and O–H groups in total. The standard InChI is InChI=1S/C13H14N2/c1-3-4-8-12-13(14)10-7-5-6-9-11(10)15(12)2/h3-9H,1,14H2,2H3/b8-4-. The average molecular weight is 198 g/mol. The fraction of sp³-hybridized carbons (Fsp3) is 0.0769. The van der Waals surface area contributed by atoms with E-state index in [9.17, 15) is 0 Å². The maximum atomic E-state index is 6.07. The number of anilines is 1. The number of para-hydroxylation sites is 1. The van der Waals surface area contributed by atoms with Gasteiger partial charge in [-0.25, -0.2) is 0 Å². The second-order valence-corrected chi connectivity index (χ2v) is 3.47. The molecular formula is C13H14N2. The van der Waals surface area contributed by atoms with Crippen LogP contribution in [0.2, 0.25) is 0 Å². The Kier molecular flexibility index (Phi) is 2.34. The quantitative estimate of drug-likeness (QED) is 0.739. The SMILES string of the molecule is C=C/C=C\c1c(N)c2ccccc2n1C. The summed E-state index contributed by atoms with van der Waals surface area (Å²) in [5.74, 6) is 0. The first-order chi connectivity index (χ1) is 7.25. The summed E-state index contributed by atoms with van der Waals surface area (Å²) in [5.41, 5.74) is 9.08. The summed E-state index contributed by atoms with van der Waals surface area (Å²) < 4.78 is 2.09. The van der Waals surface area contributed by atoms with Crippen LogP contribution in [0.5, 0.6) is 0 Å². The molecule has 0 amide bonds. The summed E-state index contributed by atoms with van der Waals surface area (Å²) in [6.45, 7) is 3.65. The zero-order valence-corrected chi connectivity index (χ0v) is 8.77. The lowest BCUT2D eigenvalue weighted by atomic mass is 10.2. The van der Waals surface area contributed by atoms with Crippen molar-refractivity contribution in [3.05, 3.63) is 48.7 Å². The van der Waals surface area contributed by atoms with Crippen molar-refractivity contribution in [2.75, 3.05) is 5.73 Å². The van der Waals surface area contributed by atoms with Gasteiger partial charge in [-0.05, 0) is 12.1 Å². The Bertz CT molecular complexity index is 494. The molecular weight excluding hydrogens is 184 g/mol. The summed E-state index contributed by atoms with van der Waals surface area (Å²) >= 11 is 0. The van der Waals surface area contributed by atoms with E-state index in [1.807, 2.05) is 37.4 Å². The van der Waals surface area contributed by atoms with Crippen molar-refractivity contribution in [3.8, 4) is 0 Å². The molecule has 1 aromatic heterocycles. The monoisotopic (exact) mass is 198 g/mol. The van der Waals surface area contributed by atoms with Crippen LogP contribution in [0.3, 0.4) is 0 Å². The summed E-state index contributed by atoms with van der Waals surface area (Å²) in [7, 11) is 2.02. The first-order valence-electron chi connectivity index (χ1n) is 4.87. The molecule has 2 aromatic rings. The van der Waals surface area contributed by atoms with Crippen LogP contribution < -0.4 is 5.73 Å². The minimum Gasteiger partial charge on any atom is -0.396 e. The smallest absolute Gasteiger partial charge is 0.0650 e. The summed E-state index contributed by atoms with van der Waals surface area (Å²) in [5, 5.41) is 1.10. The number of allylic oxidation sites excluding steroid dienone is 2. The third kappa shape index (κ3) is 1.44. The van der Waals surface area contributed by atoms with E-state index in [0.29, 0.717) is 0 Å². The van der Waals surface area contributed by atoms with Crippen molar-refractivity contribution >= 4 is 22.7 Å². The maximum Gasteiger partial charge on any atom is 0.0650 e. The van der Waals surface area contributed by atoms with Gasteiger partial charge < -0.3 is 10.3 Å². The Hall–Kier alpha value is -1.96. The van der Waals surface area contributed by atoms with Crippen LogP contribution in [-0.2, 0) is 7.05 Å². The molecule has 0 unspecified atom stereocenters. The van der Waals surface area contributed by atoms with Crippen molar-refractivity contribution in [2.24, 2.45) is 7.05 Å². The Labute approximate surface area is 89.3 Å². The zero-order valence-electron chi connectivity index (χ0n) is 8.77. The van der Waals surface area contributed by atoms with Gasteiger partial charge in [-0.1, -0.05) is 36.9 Å². The number of aryl methyl sites for hydroxylation is 1. The van der Waals surface area contributed by atoms with Crippen molar-refractivity contribution in [3.63, 3.8) is 0 Å². The number of nitrogens with two attached hydrogens (primary N) is 1. The summed E-state index contributed by atoms with van der Waals surface area (Å²) in [6, 6.07) is 8.12. The molecule has 0 fully saturated rings. The molecule has 1 aromatic carbocycles. The molecule has 0 saturated heterocycles. The third-order valence-electron chi connectivity index (χ3n) is 2.58. The van der Waals surface area contributed by atoms with E-state index < -0.39 is 0 Å². The van der Waals surface area contributed by atoms with Crippen LogP contribution in [0.15, 0.2) is 43.0 Å². The number of nitrogen functional groups attached to an aromatic ring is 1. The first-order valence-corrected chi connectivity index (χ1v) is 4.87. The molecule has 1 heterocycles. The van der Waals surface area contributed by atoms with Gasteiger partial charge in [0.25, 0.3) is 0 Å². The van der Waals surface area contributed by atoms with Crippen LogP contribution in [0, 0.1) is 0 Å². The summed E-state index contributed by atoms with van der Waals surface area (Å²) in [4.78, 5) is 0. The number of aromatic nitrogens is 1. The summed E-state index contributed by atoms with van der Waals surface area (Å²) in [6.07, 6.45) is 5.62. The molecule has 0 saturated carbocycles. The molecule has 0 atom stereocenters. The van der Waals surface area contributed by atoms with Crippen LogP contribution in [-0.4, -0.2) is 4.57 Å².